The van der Waals surface area contributed by atoms with Gasteiger partial charge in [0.05, 0.1) is 0 Å². The zero-order valence-electron chi connectivity index (χ0n) is 9.93. The second-order valence-electron chi connectivity index (χ2n) is 4.68. The van der Waals surface area contributed by atoms with Crippen LogP contribution in [0.1, 0.15) is 18.4 Å². The summed E-state index contributed by atoms with van der Waals surface area (Å²) in [7, 11) is 0. The number of nitrogens with zero attached hydrogens (tertiary/aromatic N) is 1. The Morgan fingerprint density at radius 3 is 2.35 bits per heavy atom. The van der Waals surface area contributed by atoms with E-state index in [0.717, 1.165) is 18.7 Å². The minimum Gasteiger partial charge on any atom is -0.368 e. The minimum atomic E-state index is -1.08. The van der Waals surface area contributed by atoms with Crippen LogP contribution in [0.2, 0.25) is 0 Å². The van der Waals surface area contributed by atoms with Crippen molar-refractivity contribution in [2.24, 2.45) is 11.5 Å². The molecule has 92 valence electrons. The molecule has 4 heteroatoms. The Labute approximate surface area is 102 Å². The fourth-order valence-electron chi connectivity index (χ4n) is 2.34. The first-order valence-corrected chi connectivity index (χ1v) is 5.99. The third kappa shape index (κ3) is 2.48. The molecule has 1 unspecified atom stereocenters. The van der Waals surface area contributed by atoms with Crippen LogP contribution in [0.3, 0.4) is 0 Å². The molecule has 4 nitrogen and oxygen atoms in total. The lowest BCUT2D eigenvalue weighted by molar-refractivity contribution is -0.124. The number of carbonyl (C=O) groups is 1. The number of carbonyl (C=O) groups excluding carboxylic acids is 1. The topological polar surface area (TPSA) is 72.3 Å². The van der Waals surface area contributed by atoms with Gasteiger partial charge in [-0.25, -0.2) is 0 Å². The predicted octanol–water partition coefficient (Wildman–Crippen LogP) is 0.422. The maximum absolute atomic E-state index is 11.7. The molecular formula is C13H19N3O. The Morgan fingerprint density at radius 1 is 1.24 bits per heavy atom. The number of hydrogen-bond acceptors (Lipinski definition) is 3. The zero-order valence-corrected chi connectivity index (χ0v) is 9.93. The van der Waals surface area contributed by atoms with Crippen LogP contribution in [0.15, 0.2) is 30.3 Å². The van der Waals surface area contributed by atoms with Gasteiger partial charge >= 0.3 is 0 Å². The van der Waals surface area contributed by atoms with E-state index in [1.165, 1.54) is 12.8 Å². The van der Waals surface area contributed by atoms with Crippen LogP contribution >= 0.6 is 0 Å². The number of amides is 1. The van der Waals surface area contributed by atoms with Crippen molar-refractivity contribution in [3.63, 3.8) is 0 Å². The number of rotatable bonds is 4. The van der Waals surface area contributed by atoms with E-state index in [0.29, 0.717) is 6.54 Å². The van der Waals surface area contributed by atoms with Crippen LogP contribution < -0.4 is 11.5 Å². The summed E-state index contributed by atoms with van der Waals surface area (Å²) < 4.78 is 0. The van der Waals surface area contributed by atoms with Crippen molar-refractivity contribution in [3.8, 4) is 0 Å². The van der Waals surface area contributed by atoms with Gasteiger partial charge < -0.3 is 16.4 Å². The maximum atomic E-state index is 11.7. The highest BCUT2D eigenvalue weighted by Crippen LogP contribution is 2.21. The van der Waals surface area contributed by atoms with Gasteiger partial charge in [0.1, 0.15) is 5.54 Å². The van der Waals surface area contributed by atoms with Crippen molar-refractivity contribution in [1.29, 1.82) is 0 Å². The quantitative estimate of drug-likeness (QED) is 0.791. The Kier molecular flexibility index (Phi) is 3.45. The van der Waals surface area contributed by atoms with Gasteiger partial charge in [0.2, 0.25) is 5.91 Å². The van der Waals surface area contributed by atoms with Gasteiger partial charge in [-0.3, -0.25) is 4.79 Å². The first kappa shape index (κ1) is 12.1. The van der Waals surface area contributed by atoms with Crippen molar-refractivity contribution in [2.45, 2.75) is 18.4 Å². The van der Waals surface area contributed by atoms with Crippen molar-refractivity contribution in [3.05, 3.63) is 35.9 Å². The molecule has 1 heterocycles. The Bertz CT molecular complexity index is 387. The van der Waals surface area contributed by atoms with Crippen LogP contribution in [0.4, 0.5) is 0 Å². The first-order chi connectivity index (χ1) is 8.13. The Morgan fingerprint density at radius 2 is 1.82 bits per heavy atom. The summed E-state index contributed by atoms with van der Waals surface area (Å²) in [6.45, 7) is 2.50. The van der Waals surface area contributed by atoms with Crippen LogP contribution in [-0.4, -0.2) is 30.4 Å². The van der Waals surface area contributed by atoms with Gasteiger partial charge in [-0.15, -0.1) is 0 Å². The van der Waals surface area contributed by atoms with Gasteiger partial charge in [-0.1, -0.05) is 30.3 Å². The molecule has 0 saturated carbocycles. The monoisotopic (exact) mass is 233 g/mol. The standard InChI is InChI=1S/C13H19N3O/c14-12(17)13(15,10-16-8-4-5-9-16)11-6-2-1-3-7-11/h1-3,6-7H,4-5,8-10,15H2,(H2,14,17). The normalized spacial score (nSPS) is 20.1. The number of likely N-dealkylation sites (tertiary alicyclic amines) is 1. The van der Waals surface area contributed by atoms with Crippen molar-refractivity contribution in [1.82, 2.24) is 4.90 Å². The maximum Gasteiger partial charge on any atom is 0.243 e. The van der Waals surface area contributed by atoms with Gasteiger partial charge in [0.15, 0.2) is 0 Å². The largest absolute Gasteiger partial charge is 0.368 e. The van der Waals surface area contributed by atoms with Crippen LogP contribution in [0.25, 0.3) is 0 Å². The van der Waals surface area contributed by atoms with Gasteiger partial charge in [0, 0.05) is 6.54 Å². The van der Waals surface area contributed by atoms with E-state index in [4.69, 9.17) is 11.5 Å². The van der Waals surface area contributed by atoms with Crippen LogP contribution in [-0.2, 0) is 10.3 Å². The van der Waals surface area contributed by atoms with E-state index in [9.17, 15) is 4.79 Å². The summed E-state index contributed by atoms with van der Waals surface area (Å²) in [6.07, 6.45) is 2.34. The lowest BCUT2D eigenvalue weighted by Crippen LogP contribution is -2.55. The van der Waals surface area contributed by atoms with E-state index in [1.54, 1.807) is 0 Å². The molecule has 4 N–H and O–H groups in total. The summed E-state index contributed by atoms with van der Waals surface area (Å²) in [5.74, 6) is -0.462. The SMILES string of the molecule is NC(=O)C(N)(CN1CCCC1)c1ccccc1. The van der Waals surface area contributed by atoms with E-state index in [1.807, 2.05) is 30.3 Å². The highest BCUT2D eigenvalue weighted by molar-refractivity contribution is 5.86. The summed E-state index contributed by atoms with van der Waals surface area (Å²) in [5, 5.41) is 0. The molecule has 0 bridgehead atoms. The molecular weight excluding hydrogens is 214 g/mol. The second-order valence-corrected chi connectivity index (χ2v) is 4.68. The molecule has 1 fully saturated rings. The Balaban J connectivity index is 2.23. The van der Waals surface area contributed by atoms with Crippen LogP contribution in [0.5, 0.6) is 0 Å². The van der Waals surface area contributed by atoms with Crippen LogP contribution in [0, 0.1) is 0 Å². The molecule has 1 amide bonds. The first-order valence-electron chi connectivity index (χ1n) is 5.99. The molecule has 1 atom stereocenters. The fourth-order valence-corrected chi connectivity index (χ4v) is 2.34. The highest BCUT2D eigenvalue weighted by Gasteiger charge is 2.36. The molecule has 17 heavy (non-hydrogen) atoms. The van der Waals surface area contributed by atoms with E-state index in [-0.39, 0.29) is 0 Å². The highest BCUT2D eigenvalue weighted by atomic mass is 16.1. The average molecular weight is 233 g/mol. The molecule has 0 spiro atoms. The predicted molar refractivity (Wildman–Crippen MR) is 67.2 cm³/mol. The molecule has 1 aromatic carbocycles. The zero-order chi connectivity index (χ0) is 12.3. The van der Waals surface area contributed by atoms with E-state index < -0.39 is 11.4 Å². The number of nitrogens with two attached hydrogens (primary N) is 2. The summed E-state index contributed by atoms with van der Waals surface area (Å²) in [6, 6.07) is 9.39. The summed E-state index contributed by atoms with van der Waals surface area (Å²) in [5.41, 5.74) is 11.4. The lowest BCUT2D eigenvalue weighted by Gasteiger charge is -2.31. The summed E-state index contributed by atoms with van der Waals surface area (Å²) in [4.78, 5) is 13.9. The van der Waals surface area contributed by atoms with E-state index >= 15 is 0 Å². The number of benzene rings is 1. The van der Waals surface area contributed by atoms with Gasteiger partial charge in [-0.2, -0.15) is 0 Å². The van der Waals surface area contributed by atoms with Crippen molar-refractivity contribution >= 4 is 5.91 Å². The molecule has 0 aliphatic carbocycles. The van der Waals surface area contributed by atoms with Crippen molar-refractivity contribution in [2.75, 3.05) is 19.6 Å². The molecule has 1 aliphatic rings. The smallest absolute Gasteiger partial charge is 0.243 e. The molecule has 0 radical (unpaired) electrons. The molecule has 1 saturated heterocycles. The Hall–Kier alpha value is -1.39. The minimum absolute atomic E-state index is 0.462. The molecule has 0 aromatic heterocycles. The third-order valence-electron chi connectivity index (χ3n) is 3.40. The summed E-state index contributed by atoms with van der Waals surface area (Å²) >= 11 is 0. The van der Waals surface area contributed by atoms with E-state index in [2.05, 4.69) is 4.90 Å². The molecule has 1 aromatic rings. The molecule has 1 aliphatic heterocycles. The lowest BCUT2D eigenvalue weighted by atomic mass is 9.89. The van der Waals surface area contributed by atoms with Gasteiger partial charge in [-0.05, 0) is 31.5 Å². The van der Waals surface area contributed by atoms with Crippen molar-refractivity contribution < 1.29 is 4.79 Å². The third-order valence-corrected chi connectivity index (χ3v) is 3.40. The average Bonchev–Trinajstić information content (AvgIpc) is 2.82. The number of primary amides is 1. The fraction of sp³-hybridized carbons (Fsp3) is 0.462. The number of hydrogen-bond donors (Lipinski definition) is 2. The second kappa shape index (κ2) is 4.85. The molecule has 2 rings (SSSR count). The van der Waals surface area contributed by atoms with Gasteiger partial charge in [0.25, 0.3) is 0 Å².